The van der Waals surface area contributed by atoms with Crippen LogP contribution in [0.1, 0.15) is 16.1 Å². The van der Waals surface area contributed by atoms with Gasteiger partial charge in [-0.25, -0.2) is 4.98 Å². The van der Waals surface area contributed by atoms with Crippen LogP contribution in [-0.4, -0.2) is 40.4 Å². The molecule has 1 aromatic heterocycles. The van der Waals surface area contributed by atoms with Crippen LogP contribution in [0.25, 0.3) is 10.6 Å². The first kappa shape index (κ1) is 14.9. The van der Waals surface area contributed by atoms with Gasteiger partial charge in [0.25, 0.3) is 5.91 Å². The van der Waals surface area contributed by atoms with Crippen molar-refractivity contribution < 1.29 is 4.79 Å². The Morgan fingerprint density at radius 1 is 1.33 bits per heavy atom. The number of carbonyl (C=O) groups excluding carboxylic acids is 1. The molecule has 110 valence electrons. The number of nitrogens with zero attached hydrogens (tertiary/aromatic N) is 2. The second kappa shape index (κ2) is 6.81. The van der Waals surface area contributed by atoms with E-state index in [-0.39, 0.29) is 5.91 Å². The van der Waals surface area contributed by atoms with Gasteiger partial charge in [-0.2, -0.15) is 11.8 Å². The van der Waals surface area contributed by atoms with E-state index in [1.165, 1.54) is 0 Å². The van der Waals surface area contributed by atoms with Gasteiger partial charge >= 0.3 is 0 Å². The molecule has 1 aromatic carbocycles. The lowest BCUT2D eigenvalue weighted by Gasteiger charge is -2.26. The van der Waals surface area contributed by atoms with Gasteiger partial charge in [-0.05, 0) is 12.1 Å². The van der Waals surface area contributed by atoms with Gasteiger partial charge in [-0.1, -0.05) is 12.1 Å². The quantitative estimate of drug-likeness (QED) is 0.799. The molecule has 0 atom stereocenters. The van der Waals surface area contributed by atoms with E-state index in [0.29, 0.717) is 5.88 Å². The van der Waals surface area contributed by atoms with E-state index in [1.54, 1.807) is 11.3 Å². The zero-order valence-electron chi connectivity index (χ0n) is 11.4. The van der Waals surface area contributed by atoms with E-state index in [2.05, 4.69) is 4.98 Å². The second-order valence-corrected chi connectivity index (χ2v) is 7.11. The fraction of sp³-hybridized carbons (Fsp3) is 0.333. The molecule has 6 heteroatoms. The highest BCUT2D eigenvalue weighted by Gasteiger charge is 2.18. The van der Waals surface area contributed by atoms with Crippen molar-refractivity contribution in [2.24, 2.45) is 0 Å². The Kier molecular flexibility index (Phi) is 4.83. The fourth-order valence-corrected chi connectivity index (χ4v) is 4.18. The molecule has 0 bridgehead atoms. The molecule has 2 aromatic rings. The summed E-state index contributed by atoms with van der Waals surface area (Å²) >= 11 is 9.25. The summed E-state index contributed by atoms with van der Waals surface area (Å²) in [6.45, 7) is 1.67. The minimum atomic E-state index is 0.117. The van der Waals surface area contributed by atoms with Gasteiger partial charge in [-0.15, -0.1) is 22.9 Å². The third-order valence-corrected chi connectivity index (χ3v) is 5.50. The average Bonchev–Trinajstić information content (AvgIpc) is 3.04. The number of carbonyl (C=O) groups is 1. The molecule has 0 radical (unpaired) electrons. The Balaban J connectivity index is 1.83. The van der Waals surface area contributed by atoms with E-state index in [1.807, 2.05) is 46.3 Å². The number of rotatable bonds is 3. The summed E-state index contributed by atoms with van der Waals surface area (Å²) in [6.07, 6.45) is 0. The van der Waals surface area contributed by atoms with Gasteiger partial charge in [0.15, 0.2) is 0 Å². The van der Waals surface area contributed by atoms with Crippen molar-refractivity contribution in [3.05, 3.63) is 40.9 Å². The Bertz CT molecular complexity index is 638. The third kappa shape index (κ3) is 3.42. The Labute approximate surface area is 137 Å². The van der Waals surface area contributed by atoms with Crippen molar-refractivity contribution >= 4 is 40.6 Å². The number of thiazole rings is 1. The van der Waals surface area contributed by atoms with Crippen molar-refractivity contribution in [3.63, 3.8) is 0 Å². The number of thioether (sulfide) groups is 1. The third-order valence-electron chi connectivity index (χ3n) is 3.34. The largest absolute Gasteiger partial charge is 0.337 e. The Hall–Kier alpha value is -1.04. The number of amides is 1. The summed E-state index contributed by atoms with van der Waals surface area (Å²) in [5.41, 5.74) is 2.59. The van der Waals surface area contributed by atoms with E-state index in [0.717, 1.165) is 46.4 Å². The van der Waals surface area contributed by atoms with Crippen LogP contribution in [0.2, 0.25) is 0 Å². The number of halogens is 1. The molecule has 1 aliphatic rings. The topological polar surface area (TPSA) is 33.2 Å². The number of benzene rings is 1. The molecular weight excluding hydrogens is 324 g/mol. The molecule has 0 saturated carbocycles. The Morgan fingerprint density at radius 3 is 2.86 bits per heavy atom. The van der Waals surface area contributed by atoms with E-state index in [9.17, 15) is 4.79 Å². The molecule has 0 unspecified atom stereocenters. The van der Waals surface area contributed by atoms with E-state index in [4.69, 9.17) is 11.6 Å². The lowest BCUT2D eigenvalue weighted by molar-refractivity contribution is 0.0772. The molecular formula is C15H15ClN2OS2. The summed E-state index contributed by atoms with van der Waals surface area (Å²) in [5.74, 6) is 2.58. The van der Waals surface area contributed by atoms with Gasteiger partial charge in [0.2, 0.25) is 0 Å². The number of alkyl halides is 1. The first-order valence-electron chi connectivity index (χ1n) is 6.76. The summed E-state index contributed by atoms with van der Waals surface area (Å²) < 4.78 is 0. The second-order valence-electron chi connectivity index (χ2n) is 4.76. The van der Waals surface area contributed by atoms with Gasteiger partial charge in [0.05, 0.1) is 11.6 Å². The summed E-state index contributed by atoms with van der Waals surface area (Å²) in [7, 11) is 0. The van der Waals surface area contributed by atoms with Crippen LogP contribution in [0.3, 0.4) is 0 Å². The van der Waals surface area contributed by atoms with Gasteiger partial charge in [0.1, 0.15) is 5.01 Å². The van der Waals surface area contributed by atoms with Crippen molar-refractivity contribution in [1.29, 1.82) is 0 Å². The first-order valence-corrected chi connectivity index (χ1v) is 9.32. The molecule has 1 fully saturated rings. The molecule has 0 aliphatic carbocycles. The first-order chi connectivity index (χ1) is 10.3. The zero-order chi connectivity index (χ0) is 14.7. The molecule has 3 nitrogen and oxygen atoms in total. The molecule has 0 spiro atoms. The molecule has 2 heterocycles. The van der Waals surface area contributed by atoms with Crippen LogP contribution in [0.4, 0.5) is 0 Å². The standard InChI is InChI=1S/C15H15ClN2OS2/c16-9-13-10-21-14(17-13)11-2-1-3-12(8-11)15(19)18-4-6-20-7-5-18/h1-3,8,10H,4-7,9H2. The maximum absolute atomic E-state index is 12.5. The van der Waals surface area contributed by atoms with Crippen LogP contribution in [0.5, 0.6) is 0 Å². The molecule has 21 heavy (non-hydrogen) atoms. The molecule has 0 N–H and O–H groups in total. The average molecular weight is 339 g/mol. The molecule has 1 aliphatic heterocycles. The van der Waals surface area contributed by atoms with Gasteiger partial charge in [-0.3, -0.25) is 4.79 Å². The smallest absolute Gasteiger partial charge is 0.253 e. The van der Waals surface area contributed by atoms with Crippen LogP contribution in [0.15, 0.2) is 29.6 Å². The fourth-order valence-electron chi connectivity index (χ4n) is 2.24. The monoisotopic (exact) mass is 338 g/mol. The van der Waals surface area contributed by atoms with Crippen LogP contribution >= 0.6 is 34.7 Å². The maximum Gasteiger partial charge on any atom is 0.253 e. The van der Waals surface area contributed by atoms with Crippen molar-refractivity contribution in [2.75, 3.05) is 24.6 Å². The van der Waals surface area contributed by atoms with E-state index >= 15 is 0 Å². The zero-order valence-corrected chi connectivity index (χ0v) is 13.8. The summed E-state index contributed by atoms with van der Waals surface area (Å²) in [4.78, 5) is 18.9. The summed E-state index contributed by atoms with van der Waals surface area (Å²) in [5, 5.41) is 2.87. The number of hydrogen-bond donors (Lipinski definition) is 0. The van der Waals surface area contributed by atoms with Gasteiger partial charge < -0.3 is 4.90 Å². The minimum absolute atomic E-state index is 0.117. The van der Waals surface area contributed by atoms with Crippen LogP contribution in [-0.2, 0) is 5.88 Å². The highest BCUT2D eigenvalue weighted by Crippen LogP contribution is 2.25. The highest BCUT2D eigenvalue weighted by molar-refractivity contribution is 7.99. The maximum atomic E-state index is 12.5. The van der Waals surface area contributed by atoms with Crippen LogP contribution < -0.4 is 0 Å². The number of hydrogen-bond acceptors (Lipinski definition) is 4. The van der Waals surface area contributed by atoms with Gasteiger partial charge in [0, 0.05) is 41.1 Å². The molecule has 1 saturated heterocycles. The lowest BCUT2D eigenvalue weighted by Crippen LogP contribution is -2.37. The van der Waals surface area contributed by atoms with Crippen molar-refractivity contribution in [2.45, 2.75) is 5.88 Å². The number of aromatic nitrogens is 1. The Morgan fingerprint density at radius 2 is 2.14 bits per heavy atom. The predicted molar refractivity (Wildman–Crippen MR) is 90.3 cm³/mol. The van der Waals surface area contributed by atoms with E-state index < -0.39 is 0 Å². The van der Waals surface area contributed by atoms with Crippen molar-refractivity contribution in [3.8, 4) is 10.6 Å². The van der Waals surface area contributed by atoms with Crippen molar-refractivity contribution in [1.82, 2.24) is 9.88 Å². The molecule has 3 rings (SSSR count). The normalized spacial score (nSPS) is 15.2. The highest BCUT2D eigenvalue weighted by atomic mass is 35.5. The minimum Gasteiger partial charge on any atom is -0.337 e. The lowest BCUT2D eigenvalue weighted by atomic mass is 10.1. The molecule has 1 amide bonds. The summed E-state index contributed by atoms with van der Waals surface area (Å²) in [6, 6.07) is 7.72. The predicted octanol–water partition coefficient (Wildman–Crippen LogP) is 3.74. The SMILES string of the molecule is O=C(c1cccc(-c2nc(CCl)cs2)c1)N1CCSCC1. The van der Waals surface area contributed by atoms with Crippen LogP contribution in [0, 0.1) is 0 Å².